The molecule has 0 radical (unpaired) electrons. The molecule has 1 aliphatic rings. The number of ether oxygens (including phenoxy) is 2. The van der Waals surface area contributed by atoms with Gasteiger partial charge in [-0.1, -0.05) is 5.16 Å². The average Bonchev–Trinajstić information content (AvgIpc) is 2.37. The third-order valence-corrected chi connectivity index (χ3v) is 3.48. The van der Waals surface area contributed by atoms with Crippen molar-refractivity contribution in [3.05, 3.63) is 18.2 Å². The summed E-state index contributed by atoms with van der Waals surface area (Å²) >= 11 is 1.50. The second-order valence-corrected chi connectivity index (χ2v) is 5.00. The molecule has 0 fully saturated rings. The number of benzene rings is 1. The molecule has 3 N–H and O–H groups in total. The summed E-state index contributed by atoms with van der Waals surface area (Å²) < 4.78 is 10.9. The summed E-state index contributed by atoms with van der Waals surface area (Å²) in [5, 5.41) is 11.5. The Morgan fingerprint density at radius 2 is 2.12 bits per heavy atom. The number of hydrogen-bond donors (Lipinski definition) is 2. The highest BCUT2D eigenvalue weighted by molar-refractivity contribution is 8.00. The first-order chi connectivity index (χ1) is 8.20. The fourth-order valence-corrected chi connectivity index (χ4v) is 2.34. The Morgan fingerprint density at radius 1 is 1.41 bits per heavy atom. The van der Waals surface area contributed by atoms with E-state index in [1.54, 1.807) is 0 Å². The summed E-state index contributed by atoms with van der Waals surface area (Å²) in [7, 11) is 0. The molecule has 1 aromatic carbocycles. The molecule has 0 bridgehead atoms. The fourth-order valence-electron chi connectivity index (χ4n) is 1.44. The number of nitrogens with two attached hydrogens (primary N) is 1. The topological polar surface area (TPSA) is 77.1 Å². The van der Waals surface area contributed by atoms with Crippen molar-refractivity contribution >= 4 is 17.6 Å². The number of fused-ring (bicyclic) bond motifs is 1. The number of hydrogen-bond acceptors (Lipinski definition) is 5. The second kappa shape index (κ2) is 5.18. The lowest BCUT2D eigenvalue weighted by Crippen LogP contribution is -2.23. The van der Waals surface area contributed by atoms with Gasteiger partial charge < -0.3 is 20.4 Å². The molecule has 1 aromatic rings. The molecule has 1 unspecified atom stereocenters. The maximum atomic E-state index is 8.58. The van der Waals surface area contributed by atoms with Gasteiger partial charge in [0.25, 0.3) is 0 Å². The number of amidine groups is 1. The standard InChI is InChI=1S/C11H14N2O3S/c1-7(11(12)13-14)17-8-2-3-9-10(6-8)16-5-4-15-9/h2-3,6-7,14H,4-5H2,1H3,(H2,12,13). The fraction of sp³-hybridized carbons (Fsp3) is 0.364. The van der Waals surface area contributed by atoms with Gasteiger partial charge in [0.2, 0.25) is 0 Å². The van der Waals surface area contributed by atoms with E-state index in [0.717, 1.165) is 16.4 Å². The maximum absolute atomic E-state index is 8.58. The van der Waals surface area contributed by atoms with Crippen LogP contribution in [-0.4, -0.2) is 29.5 Å². The lowest BCUT2D eigenvalue weighted by Gasteiger charge is -2.19. The van der Waals surface area contributed by atoms with Crippen molar-refractivity contribution in [3.8, 4) is 11.5 Å². The van der Waals surface area contributed by atoms with Crippen LogP contribution in [0.25, 0.3) is 0 Å². The van der Waals surface area contributed by atoms with Crippen LogP contribution in [0.1, 0.15) is 6.92 Å². The van der Waals surface area contributed by atoms with Gasteiger partial charge in [0, 0.05) is 4.90 Å². The number of oxime groups is 1. The number of rotatable bonds is 3. The minimum Gasteiger partial charge on any atom is -0.486 e. The van der Waals surface area contributed by atoms with E-state index in [4.69, 9.17) is 20.4 Å². The van der Waals surface area contributed by atoms with Crippen LogP contribution in [0.4, 0.5) is 0 Å². The van der Waals surface area contributed by atoms with Crippen LogP contribution < -0.4 is 15.2 Å². The molecule has 92 valence electrons. The Balaban J connectivity index is 2.12. The molecule has 1 aliphatic heterocycles. The van der Waals surface area contributed by atoms with E-state index in [9.17, 15) is 0 Å². The lowest BCUT2D eigenvalue weighted by molar-refractivity contribution is 0.171. The third-order valence-electron chi connectivity index (χ3n) is 2.36. The zero-order valence-corrected chi connectivity index (χ0v) is 10.2. The molecule has 0 saturated heterocycles. The molecule has 1 atom stereocenters. The van der Waals surface area contributed by atoms with E-state index in [1.165, 1.54) is 11.8 Å². The maximum Gasteiger partial charge on any atom is 0.162 e. The van der Waals surface area contributed by atoms with Gasteiger partial charge in [-0.25, -0.2) is 0 Å². The van der Waals surface area contributed by atoms with Crippen molar-refractivity contribution in [2.45, 2.75) is 17.1 Å². The SMILES string of the molecule is CC(Sc1ccc2c(c1)OCCO2)/C(N)=N/O. The van der Waals surface area contributed by atoms with Gasteiger partial charge in [-0.2, -0.15) is 0 Å². The van der Waals surface area contributed by atoms with Crippen molar-refractivity contribution in [3.63, 3.8) is 0 Å². The monoisotopic (exact) mass is 254 g/mol. The molecule has 6 heteroatoms. The van der Waals surface area contributed by atoms with Crippen molar-refractivity contribution in [1.82, 2.24) is 0 Å². The summed E-state index contributed by atoms with van der Waals surface area (Å²) in [4.78, 5) is 0.994. The van der Waals surface area contributed by atoms with E-state index in [-0.39, 0.29) is 11.1 Å². The highest BCUT2D eigenvalue weighted by Gasteiger charge is 2.14. The molecule has 2 rings (SSSR count). The molecule has 1 heterocycles. The van der Waals surface area contributed by atoms with Gasteiger partial charge in [-0.3, -0.25) is 0 Å². The first kappa shape index (κ1) is 11.9. The van der Waals surface area contributed by atoms with Gasteiger partial charge in [-0.05, 0) is 25.1 Å². The van der Waals surface area contributed by atoms with Crippen LogP contribution in [0.3, 0.4) is 0 Å². The molecule has 17 heavy (non-hydrogen) atoms. The summed E-state index contributed by atoms with van der Waals surface area (Å²) in [6.45, 7) is 3.02. The third kappa shape index (κ3) is 2.76. The Labute approximate surface area is 104 Å². The van der Waals surface area contributed by atoms with Gasteiger partial charge >= 0.3 is 0 Å². The Hall–Kier alpha value is -1.56. The zero-order chi connectivity index (χ0) is 12.3. The minimum atomic E-state index is -0.0949. The smallest absolute Gasteiger partial charge is 0.162 e. The summed E-state index contributed by atoms with van der Waals surface area (Å²) in [6.07, 6.45) is 0. The second-order valence-electron chi connectivity index (χ2n) is 3.59. The average molecular weight is 254 g/mol. The van der Waals surface area contributed by atoms with Crippen LogP contribution in [0.15, 0.2) is 28.3 Å². The summed E-state index contributed by atoms with van der Waals surface area (Å²) in [6, 6.07) is 5.70. The van der Waals surface area contributed by atoms with Crippen LogP contribution in [0.5, 0.6) is 11.5 Å². The van der Waals surface area contributed by atoms with E-state index in [2.05, 4.69) is 5.16 Å². The quantitative estimate of drug-likeness (QED) is 0.282. The van der Waals surface area contributed by atoms with Gasteiger partial charge in [-0.15, -0.1) is 11.8 Å². The van der Waals surface area contributed by atoms with Crippen molar-refractivity contribution in [1.29, 1.82) is 0 Å². The minimum absolute atomic E-state index is 0.0949. The van der Waals surface area contributed by atoms with E-state index < -0.39 is 0 Å². The summed E-state index contributed by atoms with van der Waals surface area (Å²) in [5.41, 5.74) is 5.53. The Kier molecular flexibility index (Phi) is 3.63. The molecule has 0 aliphatic carbocycles. The van der Waals surface area contributed by atoms with Gasteiger partial charge in [0.1, 0.15) is 13.2 Å². The molecule has 0 saturated carbocycles. The van der Waals surface area contributed by atoms with E-state index in [1.807, 2.05) is 25.1 Å². The summed E-state index contributed by atoms with van der Waals surface area (Å²) in [5.74, 6) is 1.70. The first-order valence-electron chi connectivity index (χ1n) is 5.24. The molecule has 0 aromatic heterocycles. The zero-order valence-electron chi connectivity index (χ0n) is 9.42. The van der Waals surface area contributed by atoms with Crippen molar-refractivity contribution < 1.29 is 14.7 Å². The van der Waals surface area contributed by atoms with Crippen LogP contribution in [-0.2, 0) is 0 Å². The largest absolute Gasteiger partial charge is 0.486 e. The molecule has 0 amide bonds. The van der Waals surface area contributed by atoms with Crippen molar-refractivity contribution in [2.24, 2.45) is 10.9 Å². The molecular weight excluding hydrogens is 240 g/mol. The normalized spacial score (nSPS) is 16.6. The van der Waals surface area contributed by atoms with Crippen LogP contribution in [0.2, 0.25) is 0 Å². The number of nitrogens with zero attached hydrogens (tertiary/aromatic N) is 1. The number of thioether (sulfide) groups is 1. The Morgan fingerprint density at radius 3 is 2.82 bits per heavy atom. The Bertz CT molecular complexity index is 437. The highest BCUT2D eigenvalue weighted by Crippen LogP contribution is 2.35. The van der Waals surface area contributed by atoms with Gasteiger partial charge in [0.05, 0.1) is 5.25 Å². The predicted octanol–water partition coefficient (Wildman–Crippen LogP) is 1.68. The lowest BCUT2D eigenvalue weighted by atomic mass is 10.3. The van der Waals surface area contributed by atoms with Gasteiger partial charge in [0.15, 0.2) is 17.3 Å². The first-order valence-corrected chi connectivity index (χ1v) is 6.12. The van der Waals surface area contributed by atoms with E-state index >= 15 is 0 Å². The van der Waals surface area contributed by atoms with Crippen LogP contribution >= 0.6 is 11.8 Å². The van der Waals surface area contributed by atoms with E-state index in [0.29, 0.717) is 13.2 Å². The highest BCUT2D eigenvalue weighted by atomic mass is 32.2. The predicted molar refractivity (Wildman–Crippen MR) is 66.2 cm³/mol. The van der Waals surface area contributed by atoms with Crippen LogP contribution in [0, 0.1) is 0 Å². The van der Waals surface area contributed by atoms with Crippen molar-refractivity contribution in [2.75, 3.05) is 13.2 Å². The molecule has 5 nitrogen and oxygen atoms in total. The molecular formula is C11H14N2O3S. The molecule has 0 spiro atoms.